The first kappa shape index (κ1) is 14.3. The van der Waals surface area contributed by atoms with Crippen molar-refractivity contribution in [3.05, 3.63) is 33.6 Å². The molecule has 18 heavy (non-hydrogen) atoms. The number of nitrogens with zero attached hydrogens (tertiary/aromatic N) is 1. The Kier molecular flexibility index (Phi) is 4.19. The zero-order valence-electron chi connectivity index (χ0n) is 9.42. The summed E-state index contributed by atoms with van der Waals surface area (Å²) in [5, 5.41) is 15.3. The summed E-state index contributed by atoms with van der Waals surface area (Å²) in [5.74, 6) is -1.65. The van der Waals surface area contributed by atoms with Crippen LogP contribution in [0.1, 0.15) is 5.56 Å². The summed E-state index contributed by atoms with van der Waals surface area (Å²) in [6.07, 6.45) is 0. The van der Waals surface area contributed by atoms with Gasteiger partial charge in [-0.3, -0.25) is 10.1 Å². The Bertz CT molecular complexity index is 573. The van der Waals surface area contributed by atoms with Crippen molar-refractivity contribution in [2.24, 2.45) is 5.14 Å². The van der Waals surface area contributed by atoms with E-state index in [0.717, 1.165) is 12.1 Å². The first-order valence-electron chi connectivity index (χ1n) is 4.78. The normalized spacial score (nSPS) is 11.3. The van der Waals surface area contributed by atoms with Crippen LogP contribution in [0.25, 0.3) is 0 Å². The molecular weight excluding hydrogens is 267 g/mol. The Morgan fingerprint density at radius 2 is 2.11 bits per heavy atom. The fourth-order valence-electron chi connectivity index (χ4n) is 1.22. The van der Waals surface area contributed by atoms with E-state index in [2.05, 4.69) is 0 Å². The van der Waals surface area contributed by atoms with E-state index >= 15 is 0 Å². The highest BCUT2D eigenvalue weighted by molar-refractivity contribution is 7.89. The van der Waals surface area contributed by atoms with Gasteiger partial charge in [-0.1, -0.05) is 0 Å². The van der Waals surface area contributed by atoms with E-state index in [-0.39, 0.29) is 23.6 Å². The van der Waals surface area contributed by atoms with Crippen molar-refractivity contribution < 1.29 is 22.5 Å². The van der Waals surface area contributed by atoms with Gasteiger partial charge in [-0.15, -0.1) is 0 Å². The van der Waals surface area contributed by atoms with Gasteiger partial charge in [0.25, 0.3) is 5.69 Å². The smallest absolute Gasteiger partial charge is 0.275 e. The van der Waals surface area contributed by atoms with E-state index in [1.807, 2.05) is 0 Å². The molecule has 1 aromatic rings. The zero-order chi connectivity index (χ0) is 13.9. The molecule has 0 aliphatic heterocycles. The molecule has 0 aromatic heterocycles. The molecule has 2 N–H and O–H groups in total. The van der Waals surface area contributed by atoms with Gasteiger partial charge < -0.3 is 4.74 Å². The molecule has 9 heteroatoms. The lowest BCUT2D eigenvalue weighted by Crippen LogP contribution is -2.21. The van der Waals surface area contributed by atoms with Gasteiger partial charge in [-0.2, -0.15) is 0 Å². The monoisotopic (exact) mass is 278 g/mol. The minimum Gasteiger partial charge on any atom is -0.489 e. The maximum Gasteiger partial charge on any atom is 0.275 e. The summed E-state index contributed by atoms with van der Waals surface area (Å²) >= 11 is 0. The number of aryl methyl sites for hydroxylation is 1. The van der Waals surface area contributed by atoms with Crippen LogP contribution in [0.5, 0.6) is 5.75 Å². The number of benzene rings is 1. The predicted molar refractivity (Wildman–Crippen MR) is 61.3 cm³/mol. The molecule has 0 heterocycles. The molecule has 0 spiro atoms. The fourth-order valence-corrected chi connectivity index (χ4v) is 1.54. The summed E-state index contributed by atoms with van der Waals surface area (Å²) in [4.78, 5) is 9.82. The van der Waals surface area contributed by atoms with E-state index in [0.29, 0.717) is 0 Å². The molecule has 0 saturated carbocycles. The SMILES string of the molecule is Cc1cc(OCCS(N)(=O)=O)c(F)cc1[N+](=O)[O-]. The van der Waals surface area contributed by atoms with Crippen molar-refractivity contribution in [3.63, 3.8) is 0 Å². The van der Waals surface area contributed by atoms with Gasteiger partial charge in [-0.25, -0.2) is 17.9 Å². The predicted octanol–water partition coefficient (Wildman–Crippen LogP) is 0.710. The lowest BCUT2D eigenvalue weighted by molar-refractivity contribution is -0.385. The van der Waals surface area contributed by atoms with Crippen LogP contribution in [0.2, 0.25) is 0 Å². The first-order valence-corrected chi connectivity index (χ1v) is 6.50. The third-order valence-electron chi connectivity index (χ3n) is 2.07. The number of nitro groups is 1. The molecule has 0 unspecified atom stereocenters. The molecule has 0 saturated heterocycles. The number of ether oxygens (including phenoxy) is 1. The maximum atomic E-state index is 13.4. The quantitative estimate of drug-likeness (QED) is 0.629. The lowest BCUT2D eigenvalue weighted by Gasteiger charge is -2.07. The number of nitrogens with two attached hydrogens (primary N) is 1. The largest absolute Gasteiger partial charge is 0.489 e. The summed E-state index contributed by atoms with van der Waals surface area (Å²) in [5.41, 5.74) is -0.154. The molecule has 0 fully saturated rings. The Balaban J connectivity index is 2.85. The van der Waals surface area contributed by atoms with E-state index in [1.165, 1.54) is 6.92 Å². The second-order valence-electron chi connectivity index (χ2n) is 3.54. The highest BCUT2D eigenvalue weighted by atomic mass is 32.2. The van der Waals surface area contributed by atoms with Crippen molar-refractivity contribution in [1.29, 1.82) is 0 Å². The molecule has 1 rings (SSSR count). The second-order valence-corrected chi connectivity index (χ2v) is 5.28. The molecular formula is C9H11FN2O5S. The van der Waals surface area contributed by atoms with Crippen LogP contribution in [-0.4, -0.2) is 25.7 Å². The Labute approximate surface area is 103 Å². The zero-order valence-corrected chi connectivity index (χ0v) is 10.2. The van der Waals surface area contributed by atoms with E-state index in [9.17, 15) is 22.9 Å². The summed E-state index contributed by atoms with van der Waals surface area (Å²) in [7, 11) is -3.69. The van der Waals surface area contributed by atoms with Crippen molar-refractivity contribution in [3.8, 4) is 5.75 Å². The number of hydrogen-bond acceptors (Lipinski definition) is 5. The number of hydrogen-bond donors (Lipinski definition) is 1. The molecule has 0 amide bonds. The average molecular weight is 278 g/mol. The van der Waals surface area contributed by atoms with Crippen LogP contribution in [0.4, 0.5) is 10.1 Å². The minimum atomic E-state index is -3.69. The molecule has 0 bridgehead atoms. The second kappa shape index (κ2) is 5.27. The average Bonchev–Trinajstić information content (AvgIpc) is 2.20. The van der Waals surface area contributed by atoms with E-state index in [4.69, 9.17) is 9.88 Å². The number of nitro benzene ring substituents is 1. The van der Waals surface area contributed by atoms with Crippen molar-refractivity contribution in [1.82, 2.24) is 0 Å². The van der Waals surface area contributed by atoms with E-state index in [1.54, 1.807) is 0 Å². The number of primary sulfonamides is 1. The molecule has 0 aliphatic rings. The van der Waals surface area contributed by atoms with Crippen LogP contribution in [0.15, 0.2) is 12.1 Å². The van der Waals surface area contributed by atoms with Gasteiger partial charge >= 0.3 is 0 Å². The van der Waals surface area contributed by atoms with Crippen molar-refractivity contribution >= 4 is 15.7 Å². The van der Waals surface area contributed by atoms with Crippen LogP contribution in [0.3, 0.4) is 0 Å². The molecule has 100 valence electrons. The number of rotatable bonds is 5. The standard InChI is InChI=1S/C9H11FN2O5S/c1-6-4-9(17-2-3-18(11,15)16)7(10)5-8(6)12(13)14/h4-5H,2-3H2,1H3,(H2,11,15,16). The van der Waals surface area contributed by atoms with E-state index < -0.39 is 26.5 Å². The summed E-state index contributed by atoms with van der Waals surface area (Å²) < 4.78 is 39.5. The van der Waals surface area contributed by atoms with Gasteiger partial charge in [0.1, 0.15) is 6.61 Å². The highest BCUT2D eigenvalue weighted by Crippen LogP contribution is 2.26. The first-order chi connectivity index (χ1) is 8.20. The maximum absolute atomic E-state index is 13.4. The van der Waals surface area contributed by atoms with Gasteiger partial charge in [0.15, 0.2) is 11.6 Å². The molecule has 1 aromatic carbocycles. The molecule has 0 atom stereocenters. The fraction of sp³-hybridized carbons (Fsp3) is 0.333. The number of halogens is 1. The topological polar surface area (TPSA) is 113 Å². The van der Waals surface area contributed by atoms with Gasteiger partial charge in [-0.05, 0) is 13.0 Å². The lowest BCUT2D eigenvalue weighted by atomic mass is 10.2. The van der Waals surface area contributed by atoms with Crippen LogP contribution in [-0.2, 0) is 10.0 Å². The highest BCUT2D eigenvalue weighted by Gasteiger charge is 2.16. The Hall–Kier alpha value is -1.74. The summed E-state index contributed by atoms with van der Waals surface area (Å²) in [6.45, 7) is 1.09. The summed E-state index contributed by atoms with van der Waals surface area (Å²) in [6, 6.07) is 1.86. The van der Waals surface area contributed by atoms with Crippen molar-refractivity contribution in [2.75, 3.05) is 12.4 Å². The van der Waals surface area contributed by atoms with Crippen molar-refractivity contribution in [2.45, 2.75) is 6.92 Å². The van der Waals surface area contributed by atoms with Crippen LogP contribution in [0, 0.1) is 22.9 Å². The third kappa shape index (κ3) is 3.93. The van der Waals surface area contributed by atoms with Crippen LogP contribution < -0.4 is 9.88 Å². The minimum absolute atomic E-state index is 0.215. The van der Waals surface area contributed by atoms with Gasteiger partial charge in [0, 0.05) is 5.56 Å². The van der Waals surface area contributed by atoms with Crippen LogP contribution >= 0.6 is 0 Å². The molecule has 0 aliphatic carbocycles. The van der Waals surface area contributed by atoms with Gasteiger partial charge in [0.2, 0.25) is 10.0 Å². The Morgan fingerprint density at radius 3 is 2.61 bits per heavy atom. The Morgan fingerprint density at radius 1 is 1.50 bits per heavy atom. The molecule has 0 radical (unpaired) electrons. The van der Waals surface area contributed by atoms with Gasteiger partial charge in [0.05, 0.1) is 16.7 Å². The third-order valence-corrected chi connectivity index (χ3v) is 2.81. The molecule has 7 nitrogen and oxygen atoms in total. The number of sulfonamides is 1.